The quantitative estimate of drug-likeness (QED) is 0.668. The number of aromatic hydroxyl groups is 1. The molecular formula is C17H15FN2OS. The van der Waals surface area contributed by atoms with Crippen molar-refractivity contribution in [2.45, 2.75) is 13.8 Å². The summed E-state index contributed by atoms with van der Waals surface area (Å²) in [7, 11) is 0. The van der Waals surface area contributed by atoms with Gasteiger partial charge in [0, 0.05) is 16.6 Å². The summed E-state index contributed by atoms with van der Waals surface area (Å²) in [6.07, 6.45) is 0. The predicted molar refractivity (Wildman–Crippen MR) is 88.4 cm³/mol. The van der Waals surface area contributed by atoms with Crippen LogP contribution >= 0.6 is 11.3 Å². The number of aromatic nitrogens is 1. The Morgan fingerprint density at radius 1 is 1.09 bits per heavy atom. The van der Waals surface area contributed by atoms with Crippen molar-refractivity contribution >= 4 is 22.2 Å². The van der Waals surface area contributed by atoms with E-state index in [-0.39, 0.29) is 5.82 Å². The molecule has 0 saturated carbocycles. The zero-order chi connectivity index (χ0) is 15.7. The lowest BCUT2D eigenvalue weighted by molar-refractivity contribution is 0.467. The normalized spacial score (nSPS) is 10.7. The SMILES string of the molecule is Cc1cc(Nc2nc(-c3ccc(F)cc3)cs2)cc(C)c1O. The van der Waals surface area contributed by atoms with Gasteiger partial charge in [-0.05, 0) is 61.4 Å². The molecule has 0 spiro atoms. The second-order valence-corrected chi connectivity index (χ2v) is 5.99. The molecule has 0 atom stereocenters. The molecule has 0 amide bonds. The van der Waals surface area contributed by atoms with Crippen molar-refractivity contribution in [3.05, 3.63) is 58.7 Å². The van der Waals surface area contributed by atoms with Gasteiger partial charge < -0.3 is 10.4 Å². The largest absolute Gasteiger partial charge is 0.507 e. The summed E-state index contributed by atoms with van der Waals surface area (Å²) in [6, 6.07) is 10.0. The first-order chi connectivity index (χ1) is 10.5. The molecular weight excluding hydrogens is 299 g/mol. The third kappa shape index (κ3) is 2.94. The molecule has 2 aromatic carbocycles. The van der Waals surface area contributed by atoms with E-state index in [0.717, 1.165) is 33.2 Å². The van der Waals surface area contributed by atoms with Gasteiger partial charge in [0.1, 0.15) is 11.6 Å². The third-order valence-corrected chi connectivity index (χ3v) is 4.14. The second kappa shape index (κ2) is 5.77. The van der Waals surface area contributed by atoms with Crippen molar-refractivity contribution in [2.75, 3.05) is 5.32 Å². The Balaban J connectivity index is 1.84. The van der Waals surface area contributed by atoms with Crippen molar-refractivity contribution in [1.82, 2.24) is 4.98 Å². The highest BCUT2D eigenvalue weighted by molar-refractivity contribution is 7.14. The molecule has 1 heterocycles. The summed E-state index contributed by atoms with van der Waals surface area (Å²) in [6.45, 7) is 3.72. The van der Waals surface area contributed by atoms with Gasteiger partial charge in [-0.3, -0.25) is 0 Å². The van der Waals surface area contributed by atoms with Gasteiger partial charge in [0.2, 0.25) is 0 Å². The van der Waals surface area contributed by atoms with Crippen LogP contribution in [-0.2, 0) is 0 Å². The molecule has 0 aliphatic rings. The van der Waals surface area contributed by atoms with Gasteiger partial charge in [0.15, 0.2) is 5.13 Å². The summed E-state index contributed by atoms with van der Waals surface area (Å²) in [5.74, 6) is 0.0593. The minimum atomic E-state index is -0.257. The van der Waals surface area contributed by atoms with Crippen LogP contribution in [0.1, 0.15) is 11.1 Å². The lowest BCUT2D eigenvalue weighted by atomic mass is 10.1. The van der Waals surface area contributed by atoms with Crippen LogP contribution in [0.3, 0.4) is 0 Å². The average molecular weight is 314 g/mol. The summed E-state index contributed by atoms with van der Waals surface area (Å²) in [5.41, 5.74) is 4.20. The maximum atomic E-state index is 13.0. The molecule has 0 aliphatic carbocycles. The van der Waals surface area contributed by atoms with Crippen LogP contribution in [0.4, 0.5) is 15.2 Å². The highest BCUT2D eigenvalue weighted by Gasteiger charge is 2.07. The Kier molecular flexibility index (Phi) is 3.81. The van der Waals surface area contributed by atoms with Gasteiger partial charge in [0.05, 0.1) is 5.69 Å². The van der Waals surface area contributed by atoms with Gasteiger partial charge in [-0.25, -0.2) is 9.37 Å². The van der Waals surface area contributed by atoms with E-state index in [1.165, 1.54) is 23.5 Å². The van der Waals surface area contributed by atoms with Crippen molar-refractivity contribution in [3.63, 3.8) is 0 Å². The maximum Gasteiger partial charge on any atom is 0.187 e. The monoisotopic (exact) mass is 314 g/mol. The number of thiazole rings is 1. The van der Waals surface area contributed by atoms with E-state index in [2.05, 4.69) is 10.3 Å². The molecule has 3 aromatic rings. The Hall–Kier alpha value is -2.40. The number of aryl methyl sites for hydroxylation is 2. The zero-order valence-corrected chi connectivity index (χ0v) is 13.0. The van der Waals surface area contributed by atoms with Crippen molar-refractivity contribution in [2.24, 2.45) is 0 Å². The van der Waals surface area contributed by atoms with Gasteiger partial charge in [-0.15, -0.1) is 11.3 Å². The number of hydrogen-bond donors (Lipinski definition) is 2. The standard InChI is InChI=1S/C17H15FN2OS/c1-10-7-14(8-11(2)16(10)21)19-17-20-15(9-22-17)12-3-5-13(18)6-4-12/h3-9,21H,1-2H3,(H,19,20). The summed E-state index contributed by atoms with van der Waals surface area (Å²) in [5, 5.41) is 15.7. The molecule has 0 saturated heterocycles. The minimum Gasteiger partial charge on any atom is -0.507 e. The first-order valence-corrected chi connectivity index (χ1v) is 7.69. The number of nitrogens with one attached hydrogen (secondary N) is 1. The third-order valence-electron chi connectivity index (χ3n) is 3.39. The Morgan fingerprint density at radius 3 is 2.36 bits per heavy atom. The van der Waals surface area contributed by atoms with E-state index >= 15 is 0 Å². The molecule has 0 bridgehead atoms. The number of phenols is 1. The molecule has 0 fully saturated rings. The summed E-state index contributed by atoms with van der Waals surface area (Å²) < 4.78 is 13.0. The van der Waals surface area contributed by atoms with Crippen LogP contribution in [0.25, 0.3) is 11.3 Å². The molecule has 0 aliphatic heterocycles. The van der Waals surface area contributed by atoms with Gasteiger partial charge in [-0.2, -0.15) is 0 Å². The molecule has 0 radical (unpaired) electrons. The number of anilines is 2. The molecule has 3 nitrogen and oxygen atoms in total. The fraction of sp³-hybridized carbons (Fsp3) is 0.118. The van der Waals surface area contributed by atoms with Crippen LogP contribution in [0.5, 0.6) is 5.75 Å². The van der Waals surface area contributed by atoms with Crippen LogP contribution in [0, 0.1) is 19.7 Å². The van der Waals surface area contributed by atoms with Gasteiger partial charge in [-0.1, -0.05) is 0 Å². The molecule has 3 rings (SSSR count). The summed E-state index contributed by atoms with van der Waals surface area (Å²) >= 11 is 1.48. The average Bonchev–Trinajstić information content (AvgIpc) is 2.94. The highest BCUT2D eigenvalue weighted by Crippen LogP contribution is 2.30. The molecule has 112 valence electrons. The van der Waals surface area contributed by atoms with E-state index in [1.807, 2.05) is 31.4 Å². The predicted octanol–water partition coefficient (Wildman–Crippen LogP) is 5.02. The Labute approximate surface area is 132 Å². The van der Waals surface area contributed by atoms with Crippen LogP contribution in [0.2, 0.25) is 0 Å². The van der Waals surface area contributed by atoms with Crippen LogP contribution in [0.15, 0.2) is 41.8 Å². The molecule has 2 N–H and O–H groups in total. The van der Waals surface area contributed by atoms with Crippen molar-refractivity contribution < 1.29 is 9.50 Å². The Bertz CT molecular complexity index is 789. The Morgan fingerprint density at radius 2 is 1.73 bits per heavy atom. The van der Waals surface area contributed by atoms with Crippen LogP contribution in [-0.4, -0.2) is 10.1 Å². The molecule has 5 heteroatoms. The number of benzene rings is 2. The zero-order valence-electron chi connectivity index (χ0n) is 12.2. The number of phenolic OH excluding ortho intramolecular Hbond substituents is 1. The number of halogens is 1. The van der Waals surface area contributed by atoms with E-state index in [4.69, 9.17) is 0 Å². The molecule has 1 aromatic heterocycles. The van der Waals surface area contributed by atoms with E-state index < -0.39 is 0 Å². The van der Waals surface area contributed by atoms with E-state index in [9.17, 15) is 9.50 Å². The van der Waals surface area contributed by atoms with Crippen molar-refractivity contribution in [1.29, 1.82) is 0 Å². The fourth-order valence-electron chi connectivity index (χ4n) is 2.24. The smallest absolute Gasteiger partial charge is 0.187 e. The maximum absolute atomic E-state index is 13.0. The van der Waals surface area contributed by atoms with Crippen LogP contribution < -0.4 is 5.32 Å². The van der Waals surface area contributed by atoms with Gasteiger partial charge >= 0.3 is 0 Å². The first kappa shape index (κ1) is 14.5. The van der Waals surface area contributed by atoms with Crippen molar-refractivity contribution in [3.8, 4) is 17.0 Å². The van der Waals surface area contributed by atoms with E-state index in [0.29, 0.717) is 5.75 Å². The first-order valence-electron chi connectivity index (χ1n) is 6.81. The number of rotatable bonds is 3. The second-order valence-electron chi connectivity index (χ2n) is 5.13. The minimum absolute atomic E-state index is 0.257. The number of nitrogens with zero attached hydrogens (tertiary/aromatic N) is 1. The highest BCUT2D eigenvalue weighted by atomic mass is 32.1. The fourth-order valence-corrected chi connectivity index (χ4v) is 2.98. The lowest BCUT2D eigenvalue weighted by Gasteiger charge is -2.08. The van der Waals surface area contributed by atoms with E-state index in [1.54, 1.807) is 12.1 Å². The number of hydrogen-bond acceptors (Lipinski definition) is 4. The molecule has 22 heavy (non-hydrogen) atoms. The topological polar surface area (TPSA) is 45.2 Å². The molecule has 0 unspecified atom stereocenters. The lowest BCUT2D eigenvalue weighted by Crippen LogP contribution is -1.92. The van der Waals surface area contributed by atoms with Gasteiger partial charge in [0.25, 0.3) is 0 Å². The summed E-state index contributed by atoms with van der Waals surface area (Å²) in [4.78, 5) is 4.51.